The molecule has 9 heteroatoms. The lowest BCUT2D eigenvalue weighted by Gasteiger charge is -2.27. The van der Waals surface area contributed by atoms with Gasteiger partial charge < -0.3 is 10.0 Å². The average molecular weight is 350 g/mol. The van der Waals surface area contributed by atoms with E-state index in [0.29, 0.717) is 5.56 Å². The number of benzene rings is 1. The van der Waals surface area contributed by atoms with Crippen LogP contribution in [0.1, 0.15) is 24.4 Å². The summed E-state index contributed by atoms with van der Waals surface area (Å²) >= 11 is 6.03. The number of carboxylic acids is 1. The highest BCUT2D eigenvalue weighted by Crippen LogP contribution is 2.34. The highest BCUT2D eigenvalue weighted by atomic mass is 35.5. The summed E-state index contributed by atoms with van der Waals surface area (Å²) in [6.45, 7) is -0.388. The van der Waals surface area contributed by atoms with E-state index in [-0.39, 0.29) is 11.6 Å². The molecule has 1 aliphatic rings. The van der Waals surface area contributed by atoms with Crippen molar-refractivity contribution in [3.63, 3.8) is 0 Å². The minimum Gasteiger partial charge on any atom is -0.481 e. The van der Waals surface area contributed by atoms with Crippen molar-refractivity contribution in [2.75, 3.05) is 6.54 Å². The molecular weight excluding hydrogens is 337 g/mol. The molecule has 0 radical (unpaired) electrons. The van der Waals surface area contributed by atoms with Crippen LogP contribution in [0.3, 0.4) is 0 Å². The molecule has 1 fully saturated rings. The van der Waals surface area contributed by atoms with Crippen LogP contribution in [-0.2, 0) is 19.8 Å². The number of amides is 1. The second kappa shape index (κ2) is 6.21. The number of hydrogen-bond donors (Lipinski definition) is 1. The highest BCUT2D eigenvalue weighted by molar-refractivity contribution is 7.87. The first kappa shape index (κ1) is 16.7. The van der Waals surface area contributed by atoms with Gasteiger partial charge in [0.05, 0.1) is 12.5 Å². The molecule has 0 aliphatic carbocycles. The van der Waals surface area contributed by atoms with Crippen molar-refractivity contribution >= 4 is 33.7 Å². The Labute approximate surface area is 131 Å². The van der Waals surface area contributed by atoms with E-state index in [0.717, 1.165) is 4.90 Å². The van der Waals surface area contributed by atoms with Crippen LogP contribution in [0.5, 0.6) is 0 Å². The number of rotatable bonds is 5. The number of aliphatic carboxylic acids is 1. The number of carbonyl (C=O) groups excluding carboxylic acids is 1. The molecule has 1 aliphatic heterocycles. The monoisotopic (exact) mass is 349 g/mol. The molecule has 0 spiro atoms. The van der Waals surface area contributed by atoms with E-state index in [1.165, 1.54) is 6.07 Å². The Morgan fingerprint density at radius 2 is 2.09 bits per heavy atom. The summed E-state index contributed by atoms with van der Waals surface area (Å²) in [5.74, 6) is -1.79. The van der Waals surface area contributed by atoms with Gasteiger partial charge in [0.2, 0.25) is 5.91 Å². The van der Waals surface area contributed by atoms with Crippen LogP contribution in [-0.4, -0.2) is 42.1 Å². The van der Waals surface area contributed by atoms with Gasteiger partial charge >= 0.3 is 16.2 Å². The van der Waals surface area contributed by atoms with Gasteiger partial charge in [-0.05, 0) is 11.6 Å². The third-order valence-electron chi connectivity index (χ3n) is 3.53. The SMILES string of the molecule is O=C(O)CC(c1ccccc1Cl)N1CC(S(=O)(=O)F)CC1=O. The summed E-state index contributed by atoms with van der Waals surface area (Å²) in [6.07, 6.45) is -0.950. The number of hydrogen-bond acceptors (Lipinski definition) is 4. The maximum Gasteiger partial charge on any atom is 0.307 e. The summed E-state index contributed by atoms with van der Waals surface area (Å²) < 4.78 is 35.1. The van der Waals surface area contributed by atoms with Gasteiger partial charge in [-0.3, -0.25) is 9.59 Å². The zero-order valence-electron chi connectivity index (χ0n) is 11.3. The van der Waals surface area contributed by atoms with Gasteiger partial charge in [0.15, 0.2) is 0 Å². The summed E-state index contributed by atoms with van der Waals surface area (Å²) in [4.78, 5) is 24.1. The maximum atomic E-state index is 13.1. The predicted octanol–water partition coefficient (Wildman–Crippen LogP) is 1.76. The Hall–Kier alpha value is -1.67. The van der Waals surface area contributed by atoms with Crippen molar-refractivity contribution in [3.05, 3.63) is 34.9 Å². The Bertz CT molecular complexity index is 708. The van der Waals surface area contributed by atoms with Crippen LogP contribution in [0, 0.1) is 0 Å². The number of carbonyl (C=O) groups is 2. The fourth-order valence-electron chi connectivity index (χ4n) is 2.49. The zero-order chi connectivity index (χ0) is 16.5. The lowest BCUT2D eigenvalue weighted by molar-refractivity contribution is -0.139. The molecular formula is C13H13ClFNO5S. The lowest BCUT2D eigenvalue weighted by Crippen LogP contribution is -2.33. The van der Waals surface area contributed by atoms with E-state index < -0.39 is 46.2 Å². The minimum atomic E-state index is -4.87. The molecule has 1 saturated heterocycles. The standard InChI is InChI=1S/C13H13ClFNO5S/c14-10-4-2-1-3-9(10)11(6-13(18)19)16-7-8(5-12(16)17)22(15,20)21/h1-4,8,11H,5-7H2,(H,18,19). The first-order chi connectivity index (χ1) is 10.2. The van der Waals surface area contributed by atoms with Crippen molar-refractivity contribution in [2.24, 2.45) is 0 Å². The van der Waals surface area contributed by atoms with E-state index in [2.05, 4.69) is 0 Å². The first-order valence-electron chi connectivity index (χ1n) is 6.39. The minimum absolute atomic E-state index is 0.258. The molecule has 0 bridgehead atoms. The molecule has 1 heterocycles. The third-order valence-corrected chi connectivity index (χ3v) is 4.99. The molecule has 22 heavy (non-hydrogen) atoms. The third kappa shape index (κ3) is 3.56. The van der Waals surface area contributed by atoms with Gasteiger partial charge in [0.25, 0.3) is 0 Å². The van der Waals surface area contributed by atoms with Crippen LogP contribution in [0.25, 0.3) is 0 Å². The van der Waals surface area contributed by atoms with Crippen LogP contribution in [0.15, 0.2) is 24.3 Å². The molecule has 2 unspecified atom stereocenters. The van der Waals surface area contributed by atoms with Crippen LogP contribution < -0.4 is 0 Å². The van der Waals surface area contributed by atoms with E-state index in [1.54, 1.807) is 18.2 Å². The summed E-state index contributed by atoms with van der Waals surface area (Å²) in [6, 6.07) is 5.42. The summed E-state index contributed by atoms with van der Waals surface area (Å²) in [7, 11) is -4.87. The quantitative estimate of drug-likeness (QED) is 0.818. The number of carboxylic acid groups (broad SMARTS) is 1. The second-order valence-corrected chi connectivity index (χ2v) is 7.01. The van der Waals surface area contributed by atoms with Gasteiger partial charge in [-0.2, -0.15) is 8.42 Å². The van der Waals surface area contributed by atoms with Crippen LogP contribution in [0.2, 0.25) is 5.02 Å². The van der Waals surface area contributed by atoms with Gasteiger partial charge in [-0.1, -0.05) is 29.8 Å². The first-order valence-corrected chi connectivity index (χ1v) is 8.21. The highest BCUT2D eigenvalue weighted by Gasteiger charge is 2.42. The Kier molecular flexibility index (Phi) is 4.72. The van der Waals surface area contributed by atoms with Gasteiger partial charge in [0.1, 0.15) is 5.25 Å². The normalized spacial score (nSPS) is 20.2. The zero-order valence-corrected chi connectivity index (χ0v) is 12.8. The lowest BCUT2D eigenvalue weighted by atomic mass is 10.0. The van der Waals surface area contributed by atoms with E-state index in [9.17, 15) is 21.9 Å². The molecule has 1 aromatic rings. The Morgan fingerprint density at radius 3 is 2.59 bits per heavy atom. The Morgan fingerprint density at radius 1 is 1.45 bits per heavy atom. The largest absolute Gasteiger partial charge is 0.481 e. The van der Waals surface area contributed by atoms with E-state index in [4.69, 9.17) is 16.7 Å². The average Bonchev–Trinajstić information content (AvgIpc) is 2.79. The molecule has 1 N–H and O–H groups in total. The van der Waals surface area contributed by atoms with Crippen LogP contribution in [0.4, 0.5) is 3.89 Å². The summed E-state index contributed by atoms with van der Waals surface area (Å²) in [5, 5.41) is 7.82. The van der Waals surface area contributed by atoms with Crippen LogP contribution >= 0.6 is 11.6 Å². The Balaban J connectivity index is 2.37. The molecule has 2 atom stereocenters. The van der Waals surface area contributed by atoms with Crippen molar-refractivity contribution in [1.29, 1.82) is 0 Å². The molecule has 2 rings (SSSR count). The topological polar surface area (TPSA) is 91.8 Å². The van der Waals surface area contributed by atoms with E-state index in [1.807, 2.05) is 0 Å². The molecule has 0 saturated carbocycles. The molecule has 1 aromatic carbocycles. The van der Waals surface area contributed by atoms with E-state index >= 15 is 0 Å². The summed E-state index contributed by atoms with van der Waals surface area (Å²) in [5.41, 5.74) is 0.386. The van der Waals surface area contributed by atoms with Gasteiger partial charge in [0, 0.05) is 18.0 Å². The fraction of sp³-hybridized carbons (Fsp3) is 0.385. The van der Waals surface area contributed by atoms with Gasteiger partial charge in [-0.25, -0.2) is 0 Å². The number of likely N-dealkylation sites (tertiary alicyclic amines) is 1. The van der Waals surface area contributed by atoms with Gasteiger partial charge in [-0.15, -0.1) is 3.89 Å². The fourth-order valence-corrected chi connectivity index (χ4v) is 3.43. The molecule has 120 valence electrons. The second-order valence-electron chi connectivity index (χ2n) is 4.98. The maximum absolute atomic E-state index is 13.1. The predicted molar refractivity (Wildman–Crippen MR) is 76.6 cm³/mol. The van der Waals surface area contributed by atoms with Crippen molar-refractivity contribution in [2.45, 2.75) is 24.1 Å². The molecule has 1 amide bonds. The van der Waals surface area contributed by atoms with Crippen molar-refractivity contribution in [1.82, 2.24) is 4.90 Å². The number of nitrogens with zero attached hydrogens (tertiary/aromatic N) is 1. The molecule has 6 nitrogen and oxygen atoms in total. The number of halogens is 2. The van der Waals surface area contributed by atoms with Crippen molar-refractivity contribution < 1.29 is 27.0 Å². The van der Waals surface area contributed by atoms with Crippen molar-refractivity contribution in [3.8, 4) is 0 Å². The smallest absolute Gasteiger partial charge is 0.307 e. The molecule has 0 aromatic heterocycles.